The number of nitrogens with zero attached hydrogens (tertiary/aromatic N) is 2. The zero-order chi connectivity index (χ0) is 39.2. The molecule has 2 aliphatic heterocycles. The zero-order valence-corrected chi connectivity index (χ0v) is 33.0. The minimum atomic E-state index is -4.00. The summed E-state index contributed by atoms with van der Waals surface area (Å²) in [7, 11) is -2.45. The molecule has 6 rings (SSSR count). The van der Waals surface area contributed by atoms with Gasteiger partial charge in [-0.15, -0.1) is 0 Å². The van der Waals surface area contributed by atoms with Gasteiger partial charge >= 0.3 is 6.09 Å². The lowest BCUT2D eigenvalue weighted by Gasteiger charge is -2.33. The Bertz CT molecular complexity index is 1940. The summed E-state index contributed by atoms with van der Waals surface area (Å²) in [5, 5.41) is 7.16. The first-order valence-corrected chi connectivity index (χ1v) is 20.3. The number of nitrogens with one attached hydrogen (secondary N) is 3. The average molecular weight is 768 g/mol. The molecule has 1 aromatic heterocycles. The molecular formula is C39H53N5O9S. The van der Waals surface area contributed by atoms with Crippen LogP contribution in [0.3, 0.4) is 0 Å². The van der Waals surface area contributed by atoms with Gasteiger partial charge in [-0.05, 0) is 84.1 Å². The Kier molecular flexibility index (Phi) is 10.7. The molecule has 0 bridgehead atoms. The number of carbonyl (C=O) groups excluding carboxylic acids is 4. The molecule has 3 heterocycles. The number of aromatic nitrogens is 1. The maximum absolute atomic E-state index is 14.7. The third-order valence-corrected chi connectivity index (χ3v) is 13.3. The second kappa shape index (κ2) is 14.7. The lowest BCUT2D eigenvalue weighted by atomic mass is 9.88. The first kappa shape index (κ1) is 39.3. The maximum atomic E-state index is 14.7. The monoisotopic (exact) mass is 767 g/mol. The van der Waals surface area contributed by atoms with E-state index in [1.807, 2.05) is 43.3 Å². The number of ether oxygens (including phenoxy) is 3. The fourth-order valence-corrected chi connectivity index (χ4v) is 8.90. The maximum Gasteiger partial charge on any atom is 0.408 e. The summed E-state index contributed by atoms with van der Waals surface area (Å²) >= 11 is 0. The Morgan fingerprint density at radius 2 is 1.78 bits per heavy atom. The first-order valence-electron chi connectivity index (χ1n) is 18.8. The molecule has 1 aromatic carbocycles. The predicted octanol–water partition coefficient (Wildman–Crippen LogP) is 4.37. The minimum Gasteiger partial charge on any atom is -0.494 e. The molecular weight excluding hydrogens is 715 g/mol. The number of hydrogen-bond donors (Lipinski definition) is 3. The molecule has 0 spiro atoms. The van der Waals surface area contributed by atoms with E-state index in [0.29, 0.717) is 42.7 Å². The van der Waals surface area contributed by atoms with Crippen LogP contribution in [0.5, 0.6) is 11.6 Å². The van der Waals surface area contributed by atoms with Crippen molar-refractivity contribution in [1.82, 2.24) is 25.2 Å². The summed E-state index contributed by atoms with van der Waals surface area (Å²) in [6.45, 7) is 10.7. The van der Waals surface area contributed by atoms with Crippen molar-refractivity contribution in [3.63, 3.8) is 0 Å². The Labute approximate surface area is 317 Å². The van der Waals surface area contributed by atoms with E-state index in [1.54, 1.807) is 41.0 Å². The van der Waals surface area contributed by atoms with Gasteiger partial charge in [0.05, 0.1) is 24.6 Å². The number of methoxy groups -OCH3 is 1. The van der Waals surface area contributed by atoms with E-state index >= 15 is 0 Å². The Hall–Kier alpha value is -4.40. The molecule has 2 saturated carbocycles. The van der Waals surface area contributed by atoms with E-state index in [-0.39, 0.29) is 31.2 Å². The van der Waals surface area contributed by atoms with Gasteiger partial charge < -0.3 is 29.7 Å². The fraction of sp³-hybridized carbons (Fsp3) is 0.615. The first-order chi connectivity index (χ1) is 25.4. The molecule has 294 valence electrons. The van der Waals surface area contributed by atoms with Crippen LogP contribution >= 0.6 is 0 Å². The van der Waals surface area contributed by atoms with Crippen LogP contribution in [0, 0.1) is 17.8 Å². The van der Waals surface area contributed by atoms with E-state index in [9.17, 15) is 27.6 Å². The summed E-state index contributed by atoms with van der Waals surface area (Å²) in [5.41, 5.74) is -2.35. The van der Waals surface area contributed by atoms with Crippen LogP contribution in [0.15, 0.2) is 42.6 Å². The quantitative estimate of drug-likeness (QED) is 0.342. The van der Waals surface area contributed by atoms with Gasteiger partial charge in [0, 0.05) is 23.1 Å². The summed E-state index contributed by atoms with van der Waals surface area (Å²) in [4.78, 5) is 62.2. The van der Waals surface area contributed by atoms with E-state index in [4.69, 9.17) is 14.2 Å². The second-order valence-corrected chi connectivity index (χ2v) is 19.0. The average Bonchev–Trinajstić information content (AvgIpc) is 3.98. The van der Waals surface area contributed by atoms with Gasteiger partial charge in [0.1, 0.15) is 35.1 Å². The molecule has 2 aliphatic carbocycles. The van der Waals surface area contributed by atoms with Gasteiger partial charge in [0.25, 0.3) is 5.91 Å². The molecule has 4 amide bonds. The Morgan fingerprint density at radius 3 is 2.44 bits per heavy atom. The summed E-state index contributed by atoms with van der Waals surface area (Å²) in [6.07, 6.45) is 7.06. The van der Waals surface area contributed by atoms with Crippen molar-refractivity contribution in [2.75, 3.05) is 13.7 Å². The number of amides is 4. The van der Waals surface area contributed by atoms with Crippen molar-refractivity contribution < 1.29 is 41.8 Å². The lowest BCUT2D eigenvalue weighted by Crippen LogP contribution is -2.59. The Balaban J connectivity index is 1.35. The van der Waals surface area contributed by atoms with E-state index < -0.39 is 73.8 Å². The van der Waals surface area contributed by atoms with Gasteiger partial charge in [0.15, 0.2) is 0 Å². The number of allylic oxidation sites excluding steroid dienone is 1. The van der Waals surface area contributed by atoms with Gasteiger partial charge in [0.2, 0.25) is 27.7 Å². The summed E-state index contributed by atoms with van der Waals surface area (Å²) in [6, 6.07) is 5.25. The number of fused-ring (bicyclic) bond motifs is 3. The van der Waals surface area contributed by atoms with Crippen LogP contribution in [0.2, 0.25) is 0 Å². The molecule has 2 aromatic rings. The standard InChI is InChI=1S/C39H53N5O9S/c1-23-12-8-9-13-25-20-39(25,35(47)43-54(49,50)38(6)16-17-38)42-32(45)29-19-26(52-33-28-15-11-10-14-27(28)30(51-7)21-40-33)22-44(29)34(46)31(24(2)18-23)41-36(48)53-37(3,4)5/h9-11,13-15,21,23-26,29,31H,8,12,16-20,22H2,1-7H3,(H,41,48)(H,42,45)(H,43,47)/b13-9-/t23-,24+,25+,26+,29-,31-,39?/m0/s1. The molecule has 0 radical (unpaired) electrons. The number of rotatable bonds is 7. The van der Waals surface area contributed by atoms with Crippen molar-refractivity contribution in [3.8, 4) is 11.6 Å². The van der Waals surface area contributed by atoms with E-state index in [0.717, 1.165) is 11.8 Å². The van der Waals surface area contributed by atoms with Crippen molar-refractivity contribution in [3.05, 3.63) is 42.6 Å². The number of hydrogen-bond acceptors (Lipinski definition) is 10. The molecule has 54 heavy (non-hydrogen) atoms. The van der Waals surface area contributed by atoms with Gasteiger partial charge in [-0.2, -0.15) is 0 Å². The summed E-state index contributed by atoms with van der Waals surface area (Å²) < 4.78 is 45.1. The van der Waals surface area contributed by atoms with Crippen molar-refractivity contribution in [2.45, 2.75) is 121 Å². The highest BCUT2D eigenvalue weighted by molar-refractivity contribution is 7.91. The number of benzene rings is 1. The van der Waals surface area contributed by atoms with Crippen LogP contribution in [0.4, 0.5) is 4.79 Å². The SMILES string of the molecule is COc1cnc(O[C@@H]2C[C@H]3C(=O)NC4(C(=O)NS(=O)(=O)C5(C)CC5)C[C@H]4/C=C\CC[C@H](C)C[C@@H](C)[C@H](NC(=O)OC(C)(C)C)C(=O)N3C2)c2ccccc12. The molecule has 1 unspecified atom stereocenters. The molecule has 7 atom stereocenters. The molecule has 3 N–H and O–H groups in total. The van der Waals surface area contributed by atoms with Gasteiger partial charge in [-0.1, -0.05) is 44.2 Å². The van der Waals surface area contributed by atoms with Crippen LogP contribution in [0.25, 0.3) is 10.8 Å². The van der Waals surface area contributed by atoms with Crippen LogP contribution < -0.4 is 24.8 Å². The zero-order valence-electron chi connectivity index (χ0n) is 32.1. The van der Waals surface area contributed by atoms with Crippen molar-refractivity contribution >= 4 is 44.6 Å². The number of alkyl carbamates (subject to hydrolysis) is 1. The number of carbonyl (C=O) groups is 4. The third-order valence-electron chi connectivity index (χ3n) is 11.1. The normalized spacial score (nSPS) is 30.4. The van der Waals surface area contributed by atoms with Crippen LogP contribution in [0.1, 0.15) is 86.5 Å². The highest BCUT2D eigenvalue weighted by Gasteiger charge is 2.63. The van der Waals surface area contributed by atoms with Gasteiger partial charge in [-0.3, -0.25) is 19.1 Å². The van der Waals surface area contributed by atoms with Crippen LogP contribution in [-0.4, -0.2) is 89.8 Å². The third kappa shape index (κ3) is 8.15. The smallest absolute Gasteiger partial charge is 0.408 e. The molecule has 1 saturated heterocycles. The molecule has 4 aliphatic rings. The van der Waals surface area contributed by atoms with Gasteiger partial charge in [-0.25, -0.2) is 18.2 Å². The Morgan fingerprint density at radius 1 is 1.07 bits per heavy atom. The van der Waals surface area contributed by atoms with Crippen molar-refractivity contribution in [1.29, 1.82) is 0 Å². The predicted molar refractivity (Wildman–Crippen MR) is 201 cm³/mol. The fourth-order valence-electron chi connectivity index (χ4n) is 7.59. The highest BCUT2D eigenvalue weighted by atomic mass is 32.2. The highest BCUT2D eigenvalue weighted by Crippen LogP contribution is 2.47. The lowest BCUT2D eigenvalue weighted by molar-refractivity contribution is -0.142. The topological polar surface area (TPSA) is 182 Å². The van der Waals surface area contributed by atoms with E-state index in [1.165, 1.54) is 4.90 Å². The number of pyridine rings is 1. The number of sulfonamides is 1. The summed E-state index contributed by atoms with van der Waals surface area (Å²) in [5.74, 6) is -1.72. The molecule has 14 nitrogen and oxygen atoms in total. The minimum absolute atomic E-state index is 0.0248. The second-order valence-electron chi connectivity index (χ2n) is 16.8. The van der Waals surface area contributed by atoms with Crippen LogP contribution in [-0.2, 0) is 29.1 Å². The molecule has 3 fully saturated rings. The molecule has 15 heteroatoms. The largest absolute Gasteiger partial charge is 0.494 e. The van der Waals surface area contributed by atoms with E-state index in [2.05, 4.69) is 27.3 Å². The van der Waals surface area contributed by atoms with Crippen molar-refractivity contribution in [2.24, 2.45) is 17.8 Å².